The molecule has 0 spiro atoms. The summed E-state index contributed by atoms with van der Waals surface area (Å²) in [6, 6.07) is 19.4. The van der Waals surface area contributed by atoms with Crippen LogP contribution in [0.2, 0.25) is 0 Å². The molecule has 0 fully saturated rings. The van der Waals surface area contributed by atoms with Gasteiger partial charge in [-0.1, -0.05) is 42.1 Å². The SMILES string of the molecule is O=C(CSc1nnc(-c2ccc(F)cc2)c2ccccc12)Nc1cccc(F)c1. The number of carbonyl (C=O) groups is 1. The Bertz CT molecular complexity index is 1180. The minimum atomic E-state index is -0.413. The Kier molecular flexibility index (Phi) is 5.48. The number of fused-ring (bicyclic) bond motifs is 1. The monoisotopic (exact) mass is 407 g/mol. The molecular formula is C22H15F2N3OS. The van der Waals surface area contributed by atoms with Gasteiger partial charge in [-0.3, -0.25) is 4.79 Å². The lowest BCUT2D eigenvalue weighted by Crippen LogP contribution is -2.14. The van der Waals surface area contributed by atoms with Crippen LogP contribution in [0.15, 0.2) is 77.8 Å². The van der Waals surface area contributed by atoms with Crippen LogP contribution >= 0.6 is 11.8 Å². The van der Waals surface area contributed by atoms with Gasteiger partial charge in [0, 0.05) is 22.0 Å². The topological polar surface area (TPSA) is 54.9 Å². The number of nitrogens with one attached hydrogen (secondary N) is 1. The second kappa shape index (κ2) is 8.36. The molecule has 0 aliphatic carbocycles. The van der Waals surface area contributed by atoms with Crippen molar-refractivity contribution in [1.82, 2.24) is 10.2 Å². The summed E-state index contributed by atoms with van der Waals surface area (Å²) in [5.41, 5.74) is 1.81. The zero-order valence-electron chi connectivity index (χ0n) is 15.1. The Labute approximate surface area is 170 Å². The van der Waals surface area contributed by atoms with Crippen LogP contribution in [0.4, 0.5) is 14.5 Å². The van der Waals surface area contributed by atoms with Crippen molar-refractivity contribution in [2.75, 3.05) is 11.1 Å². The maximum Gasteiger partial charge on any atom is 0.234 e. The molecule has 144 valence electrons. The quantitative estimate of drug-likeness (QED) is 0.456. The maximum absolute atomic E-state index is 13.2. The Morgan fingerprint density at radius 2 is 1.62 bits per heavy atom. The van der Waals surface area contributed by atoms with Gasteiger partial charge in [0.05, 0.1) is 5.75 Å². The summed E-state index contributed by atoms with van der Waals surface area (Å²) < 4.78 is 26.5. The molecule has 0 saturated heterocycles. The summed E-state index contributed by atoms with van der Waals surface area (Å²) in [6.45, 7) is 0. The number of halogens is 2. The minimum Gasteiger partial charge on any atom is -0.325 e. The molecule has 4 rings (SSSR count). The van der Waals surface area contributed by atoms with Gasteiger partial charge in [0.15, 0.2) is 0 Å². The van der Waals surface area contributed by atoms with Crippen molar-refractivity contribution in [3.05, 3.63) is 84.4 Å². The van der Waals surface area contributed by atoms with Crippen LogP contribution in [-0.4, -0.2) is 21.9 Å². The van der Waals surface area contributed by atoms with E-state index < -0.39 is 5.82 Å². The second-order valence-corrected chi connectivity index (χ2v) is 7.22. The van der Waals surface area contributed by atoms with Crippen molar-refractivity contribution < 1.29 is 13.6 Å². The standard InChI is InChI=1S/C22H15F2N3OS/c23-15-10-8-14(9-11-15)21-18-6-1-2-7-19(18)22(27-26-21)29-13-20(28)25-17-5-3-4-16(24)12-17/h1-12H,13H2,(H,25,28). The fourth-order valence-corrected chi connectivity index (χ4v) is 3.68. The van der Waals surface area contributed by atoms with E-state index in [0.29, 0.717) is 16.4 Å². The molecule has 4 aromatic rings. The Morgan fingerprint density at radius 1 is 0.862 bits per heavy atom. The molecule has 0 aliphatic heterocycles. The number of thioether (sulfide) groups is 1. The van der Waals surface area contributed by atoms with Crippen molar-refractivity contribution in [2.45, 2.75) is 5.03 Å². The van der Waals surface area contributed by atoms with Crippen LogP contribution in [0.1, 0.15) is 0 Å². The van der Waals surface area contributed by atoms with Gasteiger partial charge in [0.1, 0.15) is 22.4 Å². The maximum atomic E-state index is 13.2. The van der Waals surface area contributed by atoms with Crippen LogP contribution in [-0.2, 0) is 4.79 Å². The minimum absolute atomic E-state index is 0.102. The van der Waals surface area contributed by atoms with E-state index in [1.807, 2.05) is 24.3 Å². The third-order valence-electron chi connectivity index (χ3n) is 4.22. The van der Waals surface area contributed by atoms with E-state index in [4.69, 9.17) is 0 Å². The van der Waals surface area contributed by atoms with Crippen molar-refractivity contribution in [1.29, 1.82) is 0 Å². The van der Waals surface area contributed by atoms with Crippen molar-refractivity contribution in [3.63, 3.8) is 0 Å². The van der Waals surface area contributed by atoms with Gasteiger partial charge >= 0.3 is 0 Å². The molecule has 4 nitrogen and oxygen atoms in total. The zero-order chi connectivity index (χ0) is 20.2. The molecule has 1 N–H and O–H groups in total. The summed E-state index contributed by atoms with van der Waals surface area (Å²) in [7, 11) is 0. The largest absolute Gasteiger partial charge is 0.325 e. The summed E-state index contributed by atoms with van der Waals surface area (Å²) in [6.07, 6.45) is 0. The first-order valence-electron chi connectivity index (χ1n) is 8.80. The number of benzene rings is 3. The van der Waals surface area contributed by atoms with Crippen molar-refractivity contribution >= 4 is 34.1 Å². The van der Waals surface area contributed by atoms with Crippen molar-refractivity contribution in [2.24, 2.45) is 0 Å². The molecular weight excluding hydrogens is 392 g/mol. The molecule has 1 heterocycles. The van der Waals surface area contributed by atoms with Gasteiger partial charge in [-0.25, -0.2) is 8.78 Å². The average Bonchev–Trinajstić information content (AvgIpc) is 2.73. The van der Waals surface area contributed by atoms with Gasteiger partial charge < -0.3 is 5.32 Å². The fourth-order valence-electron chi connectivity index (χ4n) is 2.90. The lowest BCUT2D eigenvalue weighted by atomic mass is 10.1. The smallest absolute Gasteiger partial charge is 0.234 e. The molecule has 0 radical (unpaired) electrons. The number of rotatable bonds is 5. The van der Waals surface area contributed by atoms with E-state index in [-0.39, 0.29) is 17.5 Å². The van der Waals surface area contributed by atoms with Gasteiger partial charge in [0.2, 0.25) is 5.91 Å². The second-order valence-electron chi connectivity index (χ2n) is 6.25. The average molecular weight is 407 g/mol. The molecule has 7 heteroatoms. The fraction of sp³-hybridized carbons (Fsp3) is 0.0455. The third-order valence-corrected chi connectivity index (χ3v) is 5.20. The van der Waals surface area contributed by atoms with E-state index in [1.165, 1.54) is 42.1 Å². The van der Waals surface area contributed by atoms with Crippen LogP contribution in [0.3, 0.4) is 0 Å². The molecule has 1 amide bonds. The number of amides is 1. The molecule has 0 aliphatic rings. The number of carbonyl (C=O) groups excluding carboxylic acids is 1. The molecule has 3 aromatic carbocycles. The lowest BCUT2D eigenvalue weighted by Gasteiger charge is -2.09. The van der Waals surface area contributed by atoms with Crippen LogP contribution in [0, 0.1) is 11.6 Å². The zero-order valence-corrected chi connectivity index (χ0v) is 15.9. The first kappa shape index (κ1) is 19.0. The summed E-state index contributed by atoms with van der Waals surface area (Å²) in [5.74, 6) is -0.897. The first-order valence-corrected chi connectivity index (χ1v) is 9.78. The van der Waals surface area contributed by atoms with E-state index in [2.05, 4.69) is 15.5 Å². The number of hydrogen-bond donors (Lipinski definition) is 1. The number of aromatic nitrogens is 2. The number of anilines is 1. The summed E-state index contributed by atoms with van der Waals surface area (Å²) in [4.78, 5) is 12.2. The molecule has 1 aromatic heterocycles. The third kappa shape index (κ3) is 4.41. The highest BCUT2D eigenvalue weighted by atomic mass is 32.2. The molecule has 0 atom stereocenters. The van der Waals surface area contributed by atoms with E-state index >= 15 is 0 Å². The summed E-state index contributed by atoms with van der Waals surface area (Å²) >= 11 is 1.25. The predicted molar refractivity (Wildman–Crippen MR) is 111 cm³/mol. The van der Waals surface area contributed by atoms with E-state index in [9.17, 15) is 13.6 Å². The molecule has 0 bridgehead atoms. The van der Waals surface area contributed by atoms with Gasteiger partial charge in [-0.05, 0) is 42.5 Å². The van der Waals surface area contributed by atoms with Crippen molar-refractivity contribution in [3.8, 4) is 11.3 Å². The highest BCUT2D eigenvalue weighted by Gasteiger charge is 2.13. The Balaban J connectivity index is 1.56. The highest BCUT2D eigenvalue weighted by Crippen LogP contribution is 2.31. The molecule has 29 heavy (non-hydrogen) atoms. The normalized spacial score (nSPS) is 10.8. The predicted octanol–water partition coefficient (Wildman–Crippen LogP) is 5.31. The van der Waals surface area contributed by atoms with Gasteiger partial charge in [0.25, 0.3) is 0 Å². The summed E-state index contributed by atoms with van der Waals surface area (Å²) in [5, 5.41) is 13.6. The van der Waals surface area contributed by atoms with Crippen LogP contribution in [0.5, 0.6) is 0 Å². The first-order chi connectivity index (χ1) is 14.1. The van der Waals surface area contributed by atoms with E-state index in [1.54, 1.807) is 18.2 Å². The number of hydrogen-bond acceptors (Lipinski definition) is 4. The Morgan fingerprint density at radius 3 is 2.38 bits per heavy atom. The number of nitrogens with zero attached hydrogens (tertiary/aromatic N) is 2. The van der Waals surface area contributed by atoms with E-state index in [0.717, 1.165) is 16.3 Å². The van der Waals surface area contributed by atoms with Crippen LogP contribution < -0.4 is 5.32 Å². The Hall–Kier alpha value is -3.32. The lowest BCUT2D eigenvalue weighted by molar-refractivity contribution is -0.113. The van der Waals surface area contributed by atoms with Gasteiger partial charge in [-0.15, -0.1) is 10.2 Å². The van der Waals surface area contributed by atoms with Gasteiger partial charge in [-0.2, -0.15) is 0 Å². The highest BCUT2D eigenvalue weighted by molar-refractivity contribution is 8.00. The molecule has 0 unspecified atom stereocenters. The van der Waals surface area contributed by atoms with Crippen LogP contribution in [0.25, 0.3) is 22.0 Å². The molecule has 0 saturated carbocycles.